The van der Waals surface area contributed by atoms with Crippen LogP contribution < -0.4 is 17.2 Å². The summed E-state index contributed by atoms with van der Waals surface area (Å²) in [6.07, 6.45) is 14.5. The molecule has 15 nitrogen and oxygen atoms in total. The van der Waals surface area contributed by atoms with E-state index >= 15 is 0 Å². The summed E-state index contributed by atoms with van der Waals surface area (Å²) in [7, 11) is 0. The molecule has 0 aliphatic heterocycles. The van der Waals surface area contributed by atoms with Gasteiger partial charge in [0.1, 0.15) is 68.6 Å². The van der Waals surface area contributed by atoms with E-state index in [2.05, 4.69) is 162 Å². The van der Waals surface area contributed by atoms with Crippen molar-refractivity contribution >= 4 is 78.3 Å². The Morgan fingerprint density at radius 3 is 1.36 bits per heavy atom. The molecule has 0 unspecified atom stereocenters. The Morgan fingerprint density at radius 2 is 0.878 bits per heavy atom. The van der Waals surface area contributed by atoms with Gasteiger partial charge in [-0.05, 0) is 55.3 Å². The number of imidazole rings is 3. The third-order valence-electron chi connectivity index (χ3n) is 16.6. The molecule has 6 aromatic carbocycles. The predicted octanol–water partition coefficient (Wildman–Crippen LogP) is 16.9. The third-order valence-corrected chi connectivity index (χ3v) is 16.9. The van der Waals surface area contributed by atoms with Crippen LogP contribution in [0, 0.1) is 0 Å². The number of aromatic nitrogens is 12. The van der Waals surface area contributed by atoms with E-state index in [-0.39, 0.29) is 11.3 Å². The molecule has 442 valence electrons. The third kappa shape index (κ3) is 10.7. The molecule has 16 heteroatoms. The Hall–Kier alpha value is -10.9. The van der Waals surface area contributed by atoms with Crippen molar-refractivity contribution in [1.82, 2.24) is 58.1 Å². The molecule has 0 bridgehead atoms. The molecule has 0 spiro atoms. The molecule has 90 heavy (non-hydrogen) atoms. The Bertz CT molecular complexity index is 5180. The molecule has 6 N–H and O–H groups in total. The quantitative estimate of drug-likeness (QED) is 0.130. The van der Waals surface area contributed by atoms with Gasteiger partial charge in [0.2, 0.25) is 0 Å². The van der Waals surface area contributed by atoms with Gasteiger partial charge in [-0.25, -0.2) is 44.9 Å². The van der Waals surface area contributed by atoms with Crippen LogP contribution in [0.25, 0.3) is 117 Å². The predicted molar refractivity (Wildman–Crippen MR) is 365 cm³/mol. The molecule has 0 radical (unpaired) electrons. The zero-order valence-electron chi connectivity index (χ0n) is 50.5. The van der Waals surface area contributed by atoms with Crippen molar-refractivity contribution in [1.29, 1.82) is 0 Å². The zero-order chi connectivity index (χ0) is 61.8. The van der Waals surface area contributed by atoms with E-state index in [0.29, 0.717) is 28.4 Å². The summed E-state index contributed by atoms with van der Waals surface area (Å²) in [5, 5.41) is 3.80. The standard InChI is InChI=1S/C25H20ClN5.C25H23N5.C24H21N5/c26-19-13-17-9-10-20(15-5-2-1-3-6-15)29-21(17)14-18(19)22-23-24(27)28-11-12-31(23)25(30-22)16-7-4-8-16;1-25(2,3)24-29-21(22-23(26)27-13-14-30(22)24)18-10-9-17-11-12-19(28-20(17)15-18)16-7-5-4-6-8-16;1-15(2)24-28-21(22-23(25)26-12-13-29(22)24)18-9-8-17-10-11-19(27-20(17)14-18)16-6-4-3-5-7-16/h1-3,5-6,9-14,16H,4,7-8H2,(H2,27,28);4-15H,1-3H3,(H2,26,27);3-15H,1-2H3,(H2,25,26). The Labute approximate surface area is 525 Å². The van der Waals surface area contributed by atoms with Crippen molar-refractivity contribution in [2.45, 2.75) is 71.1 Å². The number of nitrogen functional groups attached to an aromatic ring is 3. The molecule has 0 atom stereocenters. The van der Waals surface area contributed by atoms with Gasteiger partial charge in [0.05, 0.1) is 38.7 Å². The highest BCUT2D eigenvalue weighted by Gasteiger charge is 2.29. The van der Waals surface area contributed by atoms with Crippen LogP contribution in [0.2, 0.25) is 5.02 Å². The number of halogens is 1. The van der Waals surface area contributed by atoms with Gasteiger partial charge in [0.25, 0.3) is 0 Å². The number of fused-ring (bicyclic) bond motifs is 6. The normalized spacial score (nSPS) is 12.6. The molecular weight excluding hydrogens is 1130 g/mol. The number of anilines is 3. The van der Waals surface area contributed by atoms with Gasteiger partial charge in [-0.1, -0.05) is 186 Å². The van der Waals surface area contributed by atoms with Gasteiger partial charge < -0.3 is 17.2 Å². The van der Waals surface area contributed by atoms with Crippen molar-refractivity contribution in [3.8, 4) is 67.5 Å². The number of benzene rings is 6. The van der Waals surface area contributed by atoms with Gasteiger partial charge in [0, 0.05) is 104 Å². The summed E-state index contributed by atoms with van der Waals surface area (Å²) in [5.74, 6) is 5.08. The van der Waals surface area contributed by atoms with E-state index in [4.69, 9.17) is 58.7 Å². The van der Waals surface area contributed by atoms with Crippen LogP contribution in [0.4, 0.5) is 17.5 Å². The molecule has 16 rings (SSSR count). The number of hydrogen-bond acceptors (Lipinski definition) is 12. The second-order valence-electron chi connectivity index (χ2n) is 24.1. The summed E-state index contributed by atoms with van der Waals surface area (Å²) >= 11 is 6.75. The monoisotopic (exact) mass is 1200 g/mol. The van der Waals surface area contributed by atoms with Gasteiger partial charge in [0.15, 0.2) is 0 Å². The summed E-state index contributed by atoms with van der Waals surface area (Å²) in [4.78, 5) is 42.5. The van der Waals surface area contributed by atoms with Crippen LogP contribution in [-0.4, -0.2) is 58.1 Å². The van der Waals surface area contributed by atoms with Crippen molar-refractivity contribution in [3.63, 3.8) is 0 Å². The molecule has 0 saturated heterocycles. The lowest BCUT2D eigenvalue weighted by Crippen LogP contribution is -2.16. The van der Waals surface area contributed by atoms with Crippen molar-refractivity contribution in [3.05, 3.63) is 236 Å². The first kappa shape index (κ1) is 56.9. The maximum atomic E-state index is 6.75. The highest BCUT2D eigenvalue weighted by molar-refractivity contribution is 6.34. The Morgan fingerprint density at radius 1 is 0.444 bits per heavy atom. The van der Waals surface area contributed by atoms with Gasteiger partial charge in [-0.15, -0.1) is 0 Å². The average molecular weight is 1200 g/mol. The molecule has 1 aliphatic carbocycles. The summed E-state index contributed by atoms with van der Waals surface area (Å²) in [6.45, 7) is 10.7. The first-order valence-corrected chi connectivity index (χ1v) is 30.6. The van der Waals surface area contributed by atoms with Crippen molar-refractivity contribution in [2.24, 2.45) is 0 Å². The number of rotatable bonds is 8. The molecule has 0 amide bonds. The largest absolute Gasteiger partial charge is 0.382 e. The lowest BCUT2D eigenvalue weighted by molar-refractivity contribution is 0.400. The van der Waals surface area contributed by atoms with E-state index in [1.165, 1.54) is 6.42 Å². The number of nitrogens with zero attached hydrogens (tertiary/aromatic N) is 12. The highest BCUT2D eigenvalue weighted by Crippen LogP contribution is 2.42. The number of pyridine rings is 3. The minimum absolute atomic E-state index is 0.134. The number of nitrogens with two attached hydrogens (primary N) is 3. The second kappa shape index (κ2) is 23.3. The van der Waals surface area contributed by atoms with E-state index in [0.717, 1.165) is 147 Å². The first-order chi connectivity index (χ1) is 43.7. The topological polar surface area (TPSA) is 207 Å². The van der Waals surface area contributed by atoms with Gasteiger partial charge in [-0.3, -0.25) is 13.2 Å². The maximum Gasteiger partial charge on any atom is 0.150 e. The van der Waals surface area contributed by atoms with Crippen LogP contribution in [0.15, 0.2) is 213 Å². The molecular formula is C74H64ClN15. The zero-order valence-corrected chi connectivity index (χ0v) is 51.2. The van der Waals surface area contributed by atoms with Crippen LogP contribution in [0.1, 0.15) is 83.2 Å². The van der Waals surface area contributed by atoms with Crippen LogP contribution >= 0.6 is 11.6 Å². The van der Waals surface area contributed by atoms with E-state index < -0.39 is 0 Å². The lowest BCUT2D eigenvalue weighted by Gasteiger charge is -2.23. The average Bonchev–Trinajstić information content (AvgIpc) is 1.66. The van der Waals surface area contributed by atoms with E-state index in [1.807, 2.05) is 95.8 Å². The summed E-state index contributed by atoms with van der Waals surface area (Å²) in [6, 6.07) is 59.4. The molecule has 9 aromatic heterocycles. The van der Waals surface area contributed by atoms with Crippen LogP contribution in [-0.2, 0) is 5.41 Å². The van der Waals surface area contributed by atoms with Crippen LogP contribution in [0.5, 0.6) is 0 Å². The fraction of sp³-hybridized carbons (Fsp3) is 0.149. The van der Waals surface area contributed by atoms with Gasteiger partial charge in [-0.2, -0.15) is 0 Å². The van der Waals surface area contributed by atoms with Gasteiger partial charge >= 0.3 is 0 Å². The molecule has 1 aliphatic rings. The maximum absolute atomic E-state index is 6.75. The minimum Gasteiger partial charge on any atom is -0.382 e. The fourth-order valence-corrected chi connectivity index (χ4v) is 12.1. The van der Waals surface area contributed by atoms with Crippen molar-refractivity contribution in [2.75, 3.05) is 17.2 Å². The molecule has 15 aromatic rings. The smallest absolute Gasteiger partial charge is 0.150 e. The Kier molecular flexibility index (Phi) is 14.7. The summed E-state index contributed by atoms with van der Waals surface area (Å²) in [5.41, 5.74) is 35.2. The fourth-order valence-electron chi connectivity index (χ4n) is 11.9. The lowest BCUT2D eigenvalue weighted by atomic mass is 9.85. The Balaban J connectivity index is 0.000000118. The number of hydrogen-bond donors (Lipinski definition) is 3. The van der Waals surface area contributed by atoms with E-state index in [9.17, 15) is 0 Å². The second-order valence-corrected chi connectivity index (χ2v) is 24.5. The van der Waals surface area contributed by atoms with E-state index in [1.54, 1.807) is 18.6 Å². The molecule has 9 heterocycles. The highest BCUT2D eigenvalue weighted by atomic mass is 35.5. The molecule has 1 fully saturated rings. The molecule has 1 saturated carbocycles. The SMILES string of the molecule is CC(C)(C)c1nc(-c2ccc3ccc(-c4ccccc4)nc3c2)c2c(N)nccn12.CC(C)c1nc(-c2ccc3ccc(-c4ccccc4)nc3c2)c2c(N)nccn12.Nc1nccn2c(C3CCC3)nc(-c3cc4nc(-c5ccccc5)ccc4cc3Cl)c12. The first-order valence-electron chi connectivity index (χ1n) is 30.2. The summed E-state index contributed by atoms with van der Waals surface area (Å²) < 4.78 is 6.17. The minimum atomic E-state index is -0.134. The van der Waals surface area contributed by atoms with Crippen LogP contribution in [0.3, 0.4) is 0 Å². The van der Waals surface area contributed by atoms with Crippen molar-refractivity contribution < 1.29 is 0 Å².